The van der Waals surface area contributed by atoms with Crippen molar-refractivity contribution in [1.29, 1.82) is 0 Å². The normalized spacial score (nSPS) is 19.1. The minimum Gasteiger partial charge on any atom is -0.496 e. The number of nitrogens with one attached hydrogen (secondary N) is 1. The number of nitrogens with zero attached hydrogens (tertiary/aromatic N) is 1. The molecule has 2 heterocycles. The van der Waals surface area contributed by atoms with E-state index < -0.39 is 0 Å². The number of carbonyl (C=O) groups excluding carboxylic acids is 1. The van der Waals surface area contributed by atoms with E-state index in [9.17, 15) is 4.79 Å². The Labute approximate surface area is 152 Å². The first-order valence-corrected chi connectivity index (χ1v) is 9.18. The van der Waals surface area contributed by atoms with Gasteiger partial charge in [0.25, 0.3) is 5.91 Å². The molecule has 0 atom stereocenters. The molecule has 138 valence electrons. The monoisotopic (exact) mass is 356 g/mol. The second-order valence-corrected chi connectivity index (χ2v) is 7.16. The number of rotatable bonds is 6. The summed E-state index contributed by atoms with van der Waals surface area (Å²) in [5, 5.41) is 6.99. The van der Waals surface area contributed by atoms with Crippen LogP contribution in [-0.4, -0.2) is 37.9 Å². The van der Waals surface area contributed by atoms with Crippen molar-refractivity contribution in [2.24, 2.45) is 0 Å². The highest BCUT2D eigenvalue weighted by atomic mass is 16.5. The van der Waals surface area contributed by atoms with Crippen molar-refractivity contribution < 1.29 is 18.8 Å². The Hall–Kier alpha value is -2.34. The molecule has 2 aromatic rings. The van der Waals surface area contributed by atoms with Crippen molar-refractivity contribution in [1.82, 2.24) is 10.5 Å². The number of para-hydroxylation sites is 1. The zero-order chi connectivity index (χ0) is 18.0. The minimum atomic E-state index is -0.205. The third-order valence-corrected chi connectivity index (χ3v) is 5.46. The van der Waals surface area contributed by atoms with Crippen molar-refractivity contribution in [3.05, 3.63) is 47.3 Å². The van der Waals surface area contributed by atoms with Crippen LogP contribution in [0.25, 0.3) is 0 Å². The van der Waals surface area contributed by atoms with Gasteiger partial charge >= 0.3 is 0 Å². The van der Waals surface area contributed by atoms with Gasteiger partial charge in [0, 0.05) is 42.7 Å². The van der Waals surface area contributed by atoms with Crippen LogP contribution in [0.4, 0.5) is 0 Å². The molecule has 2 aliphatic rings. The van der Waals surface area contributed by atoms with Gasteiger partial charge in [-0.05, 0) is 31.7 Å². The van der Waals surface area contributed by atoms with Gasteiger partial charge in [-0.15, -0.1) is 0 Å². The Morgan fingerprint density at radius 2 is 2.08 bits per heavy atom. The molecule has 1 N–H and O–H groups in total. The number of hydrogen-bond donors (Lipinski definition) is 1. The molecule has 0 unspecified atom stereocenters. The highest BCUT2D eigenvalue weighted by Gasteiger charge is 2.37. The SMILES string of the molecule is COc1ccccc1C1(CNC(=O)c2cc(C3CC3)on2)CCOCC1. The van der Waals surface area contributed by atoms with Crippen molar-refractivity contribution >= 4 is 5.91 Å². The minimum absolute atomic E-state index is 0.193. The van der Waals surface area contributed by atoms with E-state index in [0.29, 0.717) is 31.4 Å². The van der Waals surface area contributed by atoms with Crippen LogP contribution in [0.15, 0.2) is 34.9 Å². The van der Waals surface area contributed by atoms with E-state index in [0.717, 1.165) is 42.8 Å². The summed E-state index contributed by atoms with van der Waals surface area (Å²) in [4.78, 5) is 12.6. The van der Waals surface area contributed by atoms with Gasteiger partial charge in [-0.25, -0.2) is 0 Å². The van der Waals surface area contributed by atoms with Gasteiger partial charge in [0.2, 0.25) is 0 Å². The fourth-order valence-electron chi connectivity index (χ4n) is 3.68. The standard InChI is InChI=1S/C20H24N2O4/c1-24-17-5-3-2-4-15(17)20(8-10-25-11-9-20)13-21-19(23)16-12-18(26-22-16)14-6-7-14/h2-5,12,14H,6-11,13H2,1H3,(H,21,23). The number of ether oxygens (including phenoxy) is 2. The smallest absolute Gasteiger partial charge is 0.273 e. The summed E-state index contributed by atoms with van der Waals surface area (Å²) < 4.78 is 16.4. The maximum Gasteiger partial charge on any atom is 0.273 e. The topological polar surface area (TPSA) is 73.6 Å². The lowest BCUT2D eigenvalue weighted by Gasteiger charge is -2.38. The Morgan fingerprint density at radius 3 is 2.81 bits per heavy atom. The number of carbonyl (C=O) groups is 1. The molecule has 0 radical (unpaired) electrons. The molecule has 1 amide bonds. The van der Waals surface area contributed by atoms with Crippen LogP contribution in [0.2, 0.25) is 0 Å². The molecule has 6 nitrogen and oxygen atoms in total. The maximum atomic E-state index is 12.6. The van der Waals surface area contributed by atoms with Crippen molar-refractivity contribution in [3.8, 4) is 5.75 Å². The fraction of sp³-hybridized carbons (Fsp3) is 0.500. The lowest BCUT2D eigenvalue weighted by atomic mass is 9.73. The first kappa shape index (κ1) is 17.1. The lowest BCUT2D eigenvalue weighted by Crippen LogP contribution is -2.44. The Bertz CT molecular complexity index is 776. The molecule has 1 saturated carbocycles. The number of benzene rings is 1. The van der Waals surface area contributed by atoms with Gasteiger partial charge < -0.3 is 19.3 Å². The molecule has 1 aromatic heterocycles. The Kier molecular flexibility index (Phi) is 4.68. The summed E-state index contributed by atoms with van der Waals surface area (Å²) in [5.41, 5.74) is 1.27. The van der Waals surface area contributed by atoms with E-state index in [2.05, 4.69) is 16.5 Å². The van der Waals surface area contributed by atoms with Crippen LogP contribution in [0.5, 0.6) is 5.75 Å². The average molecular weight is 356 g/mol. The van der Waals surface area contributed by atoms with Gasteiger partial charge in [-0.3, -0.25) is 4.79 Å². The molecule has 1 aliphatic carbocycles. The fourth-order valence-corrected chi connectivity index (χ4v) is 3.68. The molecule has 0 spiro atoms. The van der Waals surface area contributed by atoms with Gasteiger partial charge in [0.05, 0.1) is 7.11 Å². The molecule has 2 fully saturated rings. The highest BCUT2D eigenvalue weighted by molar-refractivity contribution is 5.92. The van der Waals surface area contributed by atoms with E-state index in [1.165, 1.54) is 0 Å². The quantitative estimate of drug-likeness (QED) is 0.861. The molecule has 1 aliphatic heterocycles. The average Bonchev–Trinajstić information content (AvgIpc) is 3.43. The second-order valence-electron chi connectivity index (χ2n) is 7.16. The molecule has 1 saturated heterocycles. The molecule has 26 heavy (non-hydrogen) atoms. The van der Waals surface area contributed by atoms with Crippen LogP contribution in [0.3, 0.4) is 0 Å². The third-order valence-electron chi connectivity index (χ3n) is 5.46. The van der Waals surface area contributed by atoms with Crippen LogP contribution >= 0.6 is 0 Å². The largest absolute Gasteiger partial charge is 0.496 e. The first-order chi connectivity index (χ1) is 12.7. The summed E-state index contributed by atoms with van der Waals surface area (Å²) in [6.07, 6.45) is 3.90. The molecule has 6 heteroatoms. The third kappa shape index (κ3) is 3.33. The van der Waals surface area contributed by atoms with Crippen molar-refractivity contribution in [2.45, 2.75) is 37.0 Å². The Balaban J connectivity index is 1.52. The van der Waals surface area contributed by atoms with Crippen LogP contribution in [-0.2, 0) is 10.2 Å². The van der Waals surface area contributed by atoms with Crippen LogP contribution in [0, 0.1) is 0 Å². The maximum absolute atomic E-state index is 12.6. The molecule has 1 aromatic carbocycles. The predicted molar refractivity (Wildman–Crippen MR) is 95.5 cm³/mol. The number of methoxy groups -OCH3 is 1. The Morgan fingerprint density at radius 1 is 1.31 bits per heavy atom. The summed E-state index contributed by atoms with van der Waals surface area (Å²) in [6, 6.07) is 9.79. The lowest BCUT2D eigenvalue weighted by molar-refractivity contribution is 0.0478. The van der Waals surface area contributed by atoms with Gasteiger partial charge in [-0.1, -0.05) is 23.4 Å². The van der Waals surface area contributed by atoms with E-state index in [-0.39, 0.29) is 11.3 Å². The summed E-state index contributed by atoms with van der Waals surface area (Å²) >= 11 is 0. The summed E-state index contributed by atoms with van der Waals surface area (Å²) in [6.45, 7) is 1.86. The van der Waals surface area contributed by atoms with Crippen LogP contribution in [0.1, 0.15) is 53.4 Å². The van der Waals surface area contributed by atoms with Gasteiger partial charge in [0.1, 0.15) is 11.5 Å². The van der Waals surface area contributed by atoms with E-state index in [1.807, 2.05) is 18.2 Å². The zero-order valence-corrected chi connectivity index (χ0v) is 15.0. The molecule has 0 bridgehead atoms. The molecular formula is C20H24N2O4. The second kappa shape index (κ2) is 7.11. The van der Waals surface area contributed by atoms with E-state index >= 15 is 0 Å². The number of aromatic nitrogens is 1. The van der Waals surface area contributed by atoms with Crippen LogP contribution < -0.4 is 10.1 Å². The molecular weight excluding hydrogens is 332 g/mol. The van der Waals surface area contributed by atoms with Crippen molar-refractivity contribution in [3.63, 3.8) is 0 Å². The summed E-state index contributed by atoms with van der Waals surface area (Å²) in [5.74, 6) is 1.92. The predicted octanol–water partition coefficient (Wildman–Crippen LogP) is 3.04. The van der Waals surface area contributed by atoms with E-state index in [4.69, 9.17) is 14.0 Å². The number of hydrogen-bond acceptors (Lipinski definition) is 5. The zero-order valence-electron chi connectivity index (χ0n) is 15.0. The van der Waals surface area contributed by atoms with Gasteiger partial charge in [-0.2, -0.15) is 0 Å². The van der Waals surface area contributed by atoms with E-state index in [1.54, 1.807) is 13.2 Å². The first-order valence-electron chi connectivity index (χ1n) is 9.18. The molecule has 4 rings (SSSR count). The van der Waals surface area contributed by atoms with Gasteiger partial charge in [0.15, 0.2) is 5.69 Å². The van der Waals surface area contributed by atoms with Crippen molar-refractivity contribution in [2.75, 3.05) is 26.9 Å². The summed E-state index contributed by atoms with van der Waals surface area (Å²) in [7, 11) is 1.68. The number of amides is 1. The highest BCUT2D eigenvalue weighted by Crippen LogP contribution is 2.41.